The van der Waals surface area contributed by atoms with Crippen molar-refractivity contribution in [2.45, 2.75) is 44.3 Å². The van der Waals surface area contributed by atoms with Crippen LogP contribution in [-0.2, 0) is 20.2 Å². The van der Waals surface area contributed by atoms with Crippen molar-refractivity contribution in [1.29, 1.82) is 0 Å². The van der Waals surface area contributed by atoms with E-state index in [1.54, 1.807) is 5.92 Å². The van der Waals surface area contributed by atoms with Crippen LogP contribution < -0.4 is 0 Å². The van der Waals surface area contributed by atoms with Crippen molar-refractivity contribution >= 4 is 10.8 Å². The highest BCUT2D eigenvalue weighted by molar-refractivity contribution is 5.85. The third-order valence-electron chi connectivity index (χ3n) is 6.83. The largest absolute Gasteiger partial charge is 0.458 e. The summed E-state index contributed by atoms with van der Waals surface area (Å²) in [5.74, 6) is -0.833. The summed E-state index contributed by atoms with van der Waals surface area (Å²) >= 11 is 0. The molecule has 3 saturated heterocycles. The minimum Gasteiger partial charge on any atom is -0.323 e. The molecular formula is C24H21F5O3. The predicted octanol–water partition coefficient (Wildman–Crippen LogP) is 5.79. The molecule has 2 bridgehead atoms. The van der Waals surface area contributed by atoms with Gasteiger partial charge in [-0.25, -0.2) is 8.78 Å². The van der Waals surface area contributed by atoms with Crippen molar-refractivity contribution in [2.75, 3.05) is 19.8 Å². The van der Waals surface area contributed by atoms with Crippen molar-refractivity contribution in [2.24, 2.45) is 11.3 Å². The lowest BCUT2D eigenvalue weighted by molar-refractivity contribution is -0.486. The second-order valence-corrected chi connectivity index (χ2v) is 8.85. The molecule has 4 aliphatic rings. The molecule has 2 aromatic carbocycles. The molecule has 2 aromatic rings. The number of benzene rings is 2. The van der Waals surface area contributed by atoms with E-state index in [2.05, 4.69) is 0 Å². The van der Waals surface area contributed by atoms with E-state index in [0.29, 0.717) is 31.3 Å². The van der Waals surface area contributed by atoms with Crippen LogP contribution in [0.25, 0.3) is 10.8 Å². The first-order chi connectivity index (χ1) is 15.2. The van der Waals surface area contributed by atoms with Gasteiger partial charge in [-0.3, -0.25) is 0 Å². The van der Waals surface area contributed by atoms with E-state index in [-0.39, 0.29) is 16.2 Å². The van der Waals surface area contributed by atoms with E-state index in [4.69, 9.17) is 14.2 Å². The molecule has 1 saturated carbocycles. The first kappa shape index (κ1) is 21.6. The predicted molar refractivity (Wildman–Crippen MR) is 105 cm³/mol. The topological polar surface area (TPSA) is 27.7 Å². The van der Waals surface area contributed by atoms with Gasteiger partial charge >= 0.3 is 12.1 Å². The van der Waals surface area contributed by atoms with Crippen molar-refractivity contribution in [3.05, 3.63) is 47.0 Å². The van der Waals surface area contributed by atoms with Gasteiger partial charge in [0.25, 0.3) is 0 Å². The van der Waals surface area contributed by atoms with Crippen molar-refractivity contribution < 1.29 is 36.2 Å². The molecule has 0 aromatic heterocycles. The third-order valence-corrected chi connectivity index (χ3v) is 6.83. The van der Waals surface area contributed by atoms with Gasteiger partial charge in [0.2, 0.25) is 0 Å². The van der Waals surface area contributed by atoms with Gasteiger partial charge in [0.05, 0.1) is 25.4 Å². The van der Waals surface area contributed by atoms with Crippen LogP contribution in [0, 0.1) is 34.8 Å². The molecule has 0 radical (unpaired) electrons. The first-order valence-electron chi connectivity index (χ1n) is 10.7. The summed E-state index contributed by atoms with van der Waals surface area (Å²) in [5.41, 5.74) is -0.657. The molecule has 4 fully saturated rings. The van der Waals surface area contributed by atoms with Gasteiger partial charge in [0.1, 0.15) is 11.6 Å². The summed E-state index contributed by atoms with van der Waals surface area (Å²) in [7, 11) is 0. The monoisotopic (exact) mass is 452 g/mol. The van der Waals surface area contributed by atoms with Crippen LogP contribution in [0.3, 0.4) is 0 Å². The molecule has 3 heterocycles. The molecule has 6 rings (SSSR count). The maximum Gasteiger partial charge on any atom is 0.458 e. The summed E-state index contributed by atoms with van der Waals surface area (Å²) in [6.07, 6.45) is 1.02. The smallest absolute Gasteiger partial charge is 0.323 e. The van der Waals surface area contributed by atoms with E-state index >= 15 is 0 Å². The highest BCUT2D eigenvalue weighted by atomic mass is 19.4. The van der Waals surface area contributed by atoms with Gasteiger partial charge in [0, 0.05) is 22.3 Å². The average molecular weight is 452 g/mol. The Bertz CT molecular complexity index is 1080. The molecule has 0 N–H and O–H groups in total. The van der Waals surface area contributed by atoms with Crippen LogP contribution in [0.4, 0.5) is 22.0 Å². The van der Waals surface area contributed by atoms with Crippen LogP contribution in [0.1, 0.15) is 43.2 Å². The van der Waals surface area contributed by atoms with E-state index in [9.17, 15) is 22.0 Å². The van der Waals surface area contributed by atoms with Crippen LogP contribution in [0.5, 0.6) is 0 Å². The van der Waals surface area contributed by atoms with Crippen LogP contribution >= 0.6 is 0 Å². The van der Waals surface area contributed by atoms with Gasteiger partial charge < -0.3 is 14.2 Å². The lowest BCUT2D eigenvalue weighted by Gasteiger charge is -2.55. The number of hydrogen-bond donors (Lipinski definition) is 0. The number of ether oxygens (including phenoxy) is 3. The van der Waals surface area contributed by atoms with Gasteiger partial charge in [0.15, 0.2) is 0 Å². The fraction of sp³-hybridized carbons (Fsp3) is 0.500. The number of hydrogen-bond acceptors (Lipinski definition) is 3. The number of alkyl halides is 3. The van der Waals surface area contributed by atoms with Crippen LogP contribution in [-0.4, -0.2) is 26.0 Å². The normalized spacial score (nSPS) is 28.5. The Balaban J connectivity index is 1.44. The number of halogens is 5. The Morgan fingerprint density at radius 1 is 0.906 bits per heavy atom. The van der Waals surface area contributed by atoms with Gasteiger partial charge in [-0.1, -0.05) is 37.3 Å². The molecule has 1 aliphatic carbocycles. The summed E-state index contributed by atoms with van der Waals surface area (Å²) in [6, 6.07) is 5.29. The molecule has 0 atom stereocenters. The Hall–Kier alpha value is -2.21. The first-order valence-corrected chi connectivity index (χ1v) is 10.7. The lowest BCUT2D eigenvalue weighted by atomic mass is 9.69. The third kappa shape index (κ3) is 3.66. The zero-order valence-electron chi connectivity index (χ0n) is 17.2. The van der Waals surface area contributed by atoms with Gasteiger partial charge in [-0.05, 0) is 36.3 Å². The zero-order valence-corrected chi connectivity index (χ0v) is 17.2. The molecule has 3 nitrogen and oxygen atoms in total. The number of fused-ring (bicyclic) bond motifs is 4. The number of rotatable bonds is 2. The van der Waals surface area contributed by atoms with Crippen molar-refractivity contribution in [3.63, 3.8) is 0 Å². The molecule has 32 heavy (non-hydrogen) atoms. The zero-order chi connectivity index (χ0) is 22.6. The fourth-order valence-corrected chi connectivity index (χ4v) is 5.05. The Morgan fingerprint density at radius 2 is 1.56 bits per heavy atom. The minimum atomic E-state index is -4.85. The van der Waals surface area contributed by atoms with Crippen LogP contribution in [0.15, 0.2) is 24.3 Å². The standard InChI is InChI=1S/C24H21F5O3/c25-20-11-15-10-17(6-7-18(15)21(26)19(20)8-9-23(27,28)29)24-30-12-22(13-31-24,14-32-24)16-4-2-1-3-5-16/h6-7,10-11,16H,1-5,12-14H2. The SMILES string of the molecule is Fc1cc2cc(C34OCC(C5CCCCC5)(CO3)CO4)ccc2c(F)c1C#CC(F)(F)F. The molecule has 170 valence electrons. The summed E-state index contributed by atoms with van der Waals surface area (Å²) in [5, 5.41) is 0.0936. The Morgan fingerprint density at radius 3 is 2.19 bits per heavy atom. The van der Waals surface area contributed by atoms with Crippen molar-refractivity contribution in [1.82, 2.24) is 0 Å². The van der Waals surface area contributed by atoms with E-state index < -0.39 is 29.3 Å². The highest BCUT2D eigenvalue weighted by Crippen LogP contribution is 2.51. The summed E-state index contributed by atoms with van der Waals surface area (Å²) in [4.78, 5) is 0. The van der Waals surface area contributed by atoms with Gasteiger partial charge in [-0.15, -0.1) is 0 Å². The van der Waals surface area contributed by atoms with Gasteiger partial charge in [-0.2, -0.15) is 13.2 Å². The van der Waals surface area contributed by atoms with E-state index in [0.717, 1.165) is 24.8 Å². The Labute approximate surface area is 181 Å². The lowest BCUT2D eigenvalue weighted by Crippen LogP contribution is -2.61. The van der Waals surface area contributed by atoms with Crippen LogP contribution in [0.2, 0.25) is 0 Å². The molecular weight excluding hydrogens is 431 g/mol. The highest BCUT2D eigenvalue weighted by Gasteiger charge is 2.56. The summed E-state index contributed by atoms with van der Waals surface area (Å²) in [6.45, 7) is 1.43. The molecule has 0 spiro atoms. The molecule has 0 amide bonds. The second kappa shape index (κ2) is 7.68. The Kier molecular flexibility index (Phi) is 5.19. The molecule has 3 aliphatic heterocycles. The maximum absolute atomic E-state index is 14.7. The fourth-order valence-electron chi connectivity index (χ4n) is 5.05. The second-order valence-electron chi connectivity index (χ2n) is 8.85. The average Bonchev–Trinajstić information content (AvgIpc) is 2.79. The summed E-state index contributed by atoms with van der Waals surface area (Å²) < 4.78 is 84.2. The van der Waals surface area contributed by atoms with E-state index in [1.807, 2.05) is 0 Å². The minimum absolute atomic E-state index is 0.0544. The molecule has 8 heteroatoms. The maximum atomic E-state index is 14.7. The quantitative estimate of drug-likeness (QED) is 0.427. The van der Waals surface area contributed by atoms with Crippen molar-refractivity contribution in [3.8, 4) is 11.8 Å². The molecule has 0 unspecified atom stereocenters. The van der Waals surface area contributed by atoms with E-state index in [1.165, 1.54) is 37.5 Å².